The number of hydrogen-bond donors (Lipinski definition) is 1. The number of pyridine rings is 1. The van der Waals surface area contributed by atoms with Crippen LogP contribution >= 0.6 is 0 Å². The summed E-state index contributed by atoms with van der Waals surface area (Å²) in [6, 6.07) is 4.17. The Labute approximate surface area is 238 Å². The van der Waals surface area contributed by atoms with Crippen molar-refractivity contribution in [1.29, 1.82) is 0 Å². The average Bonchev–Trinajstić information content (AvgIpc) is 3.59. The molecule has 42 heavy (non-hydrogen) atoms. The molecule has 4 heterocycles. The summed E-state index contributed by atoms with van der Waals surface area (Å²) in [7, 11) is 0. The molecule has 1 fully saturated rings. The van der Waals surface area contributed by atoms with Crippen molar-refractivity contribution < 1.29 is 27.5 Å². The van der Waals surface area contributed by atoms with Gasteiger partial charge in [0.1, 0.15) is 29.0 Å². The molecule has 13 heteroatoms. The number of aryl methyl sites for hydroxylation is 1. The molecule has 0 saturated carbocycles. The minimum Gasteiger partial charge on any atom is -0.493 e. The van der Waals surface area contributed by atoms with Crippen molar-refractivity contribution >= 4 is 5.91 Å². The number of rotatable bonds is 7. The van der Waals surface area contributed by atoms with Crippen molar-refractivity contribution in [2.45, 2.75) is 45.7 Å². The highest BCUT2D eigenvalue weighted by Crippen LogP contribution is 2.33. The second kappa shape index (κ2) is 11.4. The Balaban J connectivity index is 1.63. The highest BCUT2D eigenvalue weighted by Gasteiger charge is 2.36. The third kappa shape index (κ3) is 5.38. The molecule has 220 valence electrons. The number of carbonyl (C=O) groups is 1. The number of nitrogens with zero attached hydrogens (tertiary/aromatic N) is 6. The molecule has 1 aliphatic rings. The molecule has 1 amide bonds. The van der Waals surface area contributed by atoms with Crippen molar-refractivity contribution in [1.82, 2.24) is 29.2 Å². The maximum atomic E-state index is 14.4. The Morgan fingerprint density at radius 1 is 1.10 bits per heavy atom. The quantitative estimate of drug-likeness (QED) is 0.317. The minimum absolute atomic E-state index is 0.0127. The lowest BCUT2D eigenvalue weighted by molar-refractivity contribution is 0.0783. The van der Waals surface area contributed by atoms with E-state index in [4.69, 9.17) is 0 Å². The molecule has 1 unspecified atom stereocenters. The van der Waals surface area contributed by atoms with Crippen LogP contribution in [0.2, 0.25) is 0 Å². The Morgan fingerprint density at radius 2 is 1.81 bits per heavy atom. The zero-order valence-electron chi connectivity index (χ0n) is 23.1. The minimum atomic E-state index is -1.01. The summed E-state index contributed by atoms with van der Waals surface area (Å²) in [6.07, 6.45) is 2.81. The lowest BCUT2D eigenvalue weighted by atomic mass is 9.94. The molecular formula is C29H28F4N6O3. The van der Waals surface area contributed by atoms with Crippen LogP contribution in [0.15, 0.2) is 47.5 Å². The summed E-state index contributed by atoms with van der Waals surface area (Å²) in [5.41, 5.74) is -1.28. The zero-order valence-corrected chi connectivity index (χ0v) is 23.1. The van der Waals surface area contributed by atoms with Gasteiger partial charge < -0.3 is 10.0 Å². The third-order valence-electron chi connectivity index (χ3n) is 7.34. The summed E-state index contributed by atoms with van der Waals surface area (Å²) < 4.78 is 59.1. The molecule has 3 aromatic heterocycles. The predicted octanol–water partition coefficient (Wildman–Crippen LogP) is 4.66. The average molecular weight is 585 g/mol. The fourth-order valence-corrected chi connectivity index (χ4v) is 5.43. The van der Waals surface area contributed by atoms with Gasteiger partial charge in [0.2, 0.25) is 5.88 Å². The van der Waals surface area contributed by atoms with Crippen molar-refractivity contribution in [3.63, 3.8) is 0 Å². The Morgan fingerprint density at radius 3 is 2.43 bits per heavy atom. The second-order valence-corrected chi connectivity index (χ2v) is 10.5. The molecule has 1 aliphatic heterocycles. The largest absolute Gasteiger partial charge is 0.493 e. The van der Waals surface area contributed by atoms with E-state index in [0.29, 0.717) is 18.7 Å². The van der Waals surface area contributed by atoms with Crippen LogP contribution in [-0.2, 0) is 6.54 Å². The number of aromatic nitrogens is 5. The van der Waals surface area contributed by atoms with E-state index in [9.17, 15) is 32.3 Å². The maximum Gasteiger partial charge on any atom is 0.271 e. The van der Waals surface area contributed by atoms with Gasteiger partial charge in [-0.2, -0.15) is 10.1 Å². The first-order chi connectivity index (χ1) is 20.0. The molecule has 5 rings (SSSR count). The van der Waals surface area contributed by atoms with E-state index in [1.54, 1.807) is 30.8 Å². The van der Waals surface area contributed by atoms with Gasteiger partial charge in [-0.15, -0.1) is 0 Å². The van der Waals surface area contributed by atoms with Gasteiger partial charge in [-0.1, -0.05) is 13.8 Å². The molecule has 0 bridgehead atoms. The monoisotopic (exact) mass is 584 g/mol. The van der Waals surface area contributed by atoms with Gasteiger partial charge in [0.25, 0.3) is 11.5 Å². The van der Waals surface area contributed by atoms with Crippen molar-refractivity contribution in [3.8, 4) is 17.4 Å². The zero-order chi connectivity index (χ0) is 30.3. The summed E-state index contributed by atoms with van der Waals surface area (Å²) in [5.74, 6) is -6.19. The molecule has 0 radical (unpaired) electrons. The van der Waals surface area contributed by atoms with Crippen molar-refractivity contribution in [3.05, 3.63) is 93.2 Å². The lowest BCUT2D eigenvalue weighted by Gasteiger charge is -2.27. The van der Waals surface area contributed by atoms with Crippen molar-refractivity contribution in [2.75, 3.05) is 13.1 Å². The van der Waals surface area contributed by atoms with Crippen LogP contribution in [0.25, 0.3) is 11.5 Å². The molecule has 1 aromatic carbocycles. The van der Waals surface area contributed by atoms with E-state index in [1.807, 2.05) is 6.92 Å². The van der Waals surface area contributed by atoms with Crippen LogP contribution < -0.4 is 5.56 Å². The van der Waals surface area contributed by atoms with E-state index in [2.05, 4.69) is 15.1 Å². The van der Waals surface area contributed by atoms with Crippen LogP contribution in [0, 0.1) is 29.2 Å². The molecule has 0 aliphatic carbocycles. The van der Waals surface area contributed by atoms with Crippen LogP contribution in [0.1, 0.15) is 60.8 Å². The number of aromatic hydroxyl groups is 1. The molecule has 1 N–H and O–H groups in total. The third-order valence-corrected chi connectivity index (χ3v) is 7.34. The number of likely N-dealkylation sites (tertiary alicyclic amines) is 1. The number of amides is 1. The second-order valence-electron chi connectivity index (χ2n) is 10.5. The van der Waals surface area contributed by atoms with Crippen molar-refractivity contribution in [2.24, 2.45) is 5.92 Å². The van der Waals surface area contributed by atoms with E-state index >= 15 is 0 Å². The van der Waals surface area contributed by atoms with E-state index in [-0.39, 0.29) is 42.3 Å². The van der Waals surface area contributed by atoms with E-state index in [1.165, 1.54) is 4.90 Å². The Bertz CT molecular complexity index is 1700. The topological polar surface area (TPSA) is 106 Å². The number of carbonyl (C=O) groups excluding carboxylic acids is 1. The van der Waals surface area contributed by atoms with Crippen LogP contribution in [0.4, 0.5) is 17.6 Å². The summed E-state index contributed by atoms with van der Waals surface area (Å²) in [6.45, 7) is 5.87. The molecule has 4 aromatic rings. The molecule has 1 saturated heterocycles. The standard InChI is InChI=1S/C29H28F4N6O3/c1-4-38-8-6-22(36-38)26-35-27(40)23(28(41)37-7-5-16(14-37)24-21(33)12-20(32)13-34-24)29(42)39(26)25(15(2)3)17-9-18(30)11-19(31)10-17/h6,8-13,15-16,25,40H,4-5,7,14H2,1-3H3/t16?,25-/m0/s1. The Kier molecular flexibility index (Phi) is 7.85. The first kappa shape index (κ1) is 29.0. The van der Waals surface area contributed by atoms with Gasteiger partial charge in [0, 0.05) is 43.9 Å². The highest BCUT2D eigenvalue weighted by molar-refractivity contribution is 5.96. The number of hydrogen-bond acceptors (Lipinski definition) is 6. The number of halogens is 4. The maximum absolute atomic E-state index is 14.4. The first-order valence-electron chi connectivity index (χ1n) is 13.4. The fraction of sp³-hybridized carbons (Fsp3) is 0.345. The highest BCUT2D eigenvalue weighted by atomic mass is 19.1. The predicted molar refractivity (Wildman–Crippen MR) is 144 cm³/mol. The summed E-state index contributed by atoms with van der Waals surface area (Å²) in [5, 5.41) is 15.3. The molecule has 9 nitrogen and oxygen atoms in total. The first-order valence-corrected chi connectivity index (χ1v) is 13.4. The Hall–Kier alpha value is -4.55. The SMILES string of the molecule is CCn1ccc(-c2nc(O)c(C(=O)N3CCC(c4ncc(F)cc4F)C3)c(=O)n2[C@H](c2cc(F)cc(F)c2)C(C)C)n1. The van der Waals surface area contributed by atoms with Crippen LogP contribution in [0.5, 0.6) is 5.88 Å². The van der Waals surface area contributed by atoms with Gasteiger partial charge in [0.15, 0.2) is 11.4 Å². The van der Waals surface area contributed by atoms with Crippen LogP contribution in [0.3, 0.4) is 0 Å². The molecule has 2 atom stereocenters. The summed E-state index contributed by atoms with van der Waals surface area (Å²) >= 11 is 0. The van der Waals surface area contributed by atoms with Gasteiger partial charge >= 0.3 is 0 Å². The van der Waals surface area contributed by atoms with Crippen LogP contribution in [-0.4, -0.2) is 53.3 Å². The molecular weight excluding hydrogens is 556 g/mol. The van der Waals surface area contributed by atoms with Gasteiger partial charge in [0.05, 0.1) is 17.9 Å². The summed E-state index contributed by atoms with van der Waals surface area (Å²) in [4.78, 5) is 37.2. The lowest BCUT2D eigenvalue weighted by Crippen LogP contribution is -2.39. The number of benzene rings is 1. The van der Waals surface area contributed by atoms with Gasteiger partial charge in [-0.3, -0.25) is 23.8 Å². The fourth-order valence-electron chi connectivity index (χ4n) is 5.43. The smallest absolute Gasteiger partial charge is 0.271 e. The molecule has 0 spiro atoms. The van der Waals surface area contributed by atoms with E-state index in [0.717, 1.165) is 22.9 Å². The van der Waals surface area contributed by atoms with Gasteiger partial charge in [-0.05, 0) is 43.0 Å². The normalized spacial score (nSPS) is 15.9. The van der Waals surface area contributed by atoms with Gasteiger partial charge in [-0.25, -0.2) is 17.6 Å². The van der Waals surface area contributed by atoms with E-state index < -0.39 is 64.1 Å².